The van der Waals surface area contributed by atoms with Crippen LogP contribution in [0.2, 0.25) is 0 Å². The van der Waals surface area contributed by atoms with Crippen LogP contribution in [0.1, 0.15) is 48.7 Å². The summed E-state index contributed by atoms with van der Waals surface area (Å²) in [5, 5.41) is 0. The molecule has 1 spiro atoms. The van der Waals surface area contributed by atoms with Crippen LogP contribution in [0.3, 0.4) is 0 Å². The van der Waals surface area contributed by atoms with Crippen LogP contribution in [0.25, 0.3) is 0 Å². The van der Waals surface area contributed by atoms with Gasteiger partial charge in [0.15, 0.2) is 5.78 Å². The first-order valence-corrected chi connectivity index (χ1v) is 8.07. The van der Waals surface area contributed by atoms with Crippen LogP contribution in [0.15, 0.2) is 12.1 Å². The van der Waals surface area contributed by atoms with Gasteiger partial charge in [-0.05, 0) is 33.3 Å². The van der Waals surface area contributed by atoms with E-state index in [4.69, 9.17) is 9.47 Å². The lowest BCUT2D eigenvalue weighted by molar-refractivity contribution is -0.131. The van der Waals surface area contributed by atoms with Gasteiger partial charge in [0, 0.05) is 23.2 Å². The summed E-state index contributed by atoms with van der Waals surface area (Å²) in [6.07, 6.45) is 0.754. The molecule has 0 aromatic heterocycles. The second-order valence-corrected chi connectivity index (χ2v) is 7.68. The molecule has 0 radical (unpaired) electrons. The first-order chi connectivity index (χ1) is 10.8. The van der Waals surface area contributed by atoms with Gasteiger partial charge in [-0.2, -0.15) is 0 Å². The Kier molecular flexibility index (Phi) is 2.92. The van der Waals surface area contributed by atoms with Crippen molar-refractivity contribution in [2.24, 2.45) is 0 Å². The molecule has 1 aromatic rings. The minimum atomic E-state index is -0.558. The molecule has 5 heteroatoms. The van der Waals surface area contributed by atoms with E-state index in [0.29, 0.717) is 24.5 Å². The van der Waals surface area contributed by atoms with E-state index < -0.39 is 5.41 Å². The van der Waals surface area contributed by atoms with Crippen molar-refractivity contribution in [1.82, 2.24) is 4.90 Å². The van der Waals surface area contributed by atoms with Crippen LogP contribution in [0.4, 0.5) is 0 Å². The molecule has 0 bridgehead atoms. The highest BCUT2D eigenvalue weighted by molar-refractivity contribution is 5.98. The number of carbonyl (C=O) groups is 2. The summed E-state index contributed by atoms with van der Waals surface area (Å²) in [6, 6.07) is 3.67. The number of esters is 1. The molecular formula is C18H21NO4. The Bertz CT molecular complexity index is 718. The first-order valence-electron chi connectivity index (χ1n) is 8.07. The van der Waals surface area contributed by atoms with Crippen LogP contribution in [0.5, 0.6) is 5.75 Å². The predicted octanol–water partition coefficient (Wildman–Crippen LogP) is 2.06. The number of ketones is 1. The number of ether oxygens (including phenoxy) is 2. The van der Waals surface area contributed by atoms with Crippen molar-refractivity contribution in [2.75, 3.05) is 19.7 Å². The van der Waals surface area contributed by atoms with E-state index in [-0.39, 0.29) is 23.9 Å². The molecule has 0 N–H and O–H groups in total. The number of hydrogen-bond donors (Lipinski definition) is 0. The fraction of sp³-hybridized carbons (Fsp3) is 0.556. The van der Waals surface area contributed by atoms with E-state index in [1.54, 1.807) is 6.07 Å². The zero-order chi connectivity index (χ0) is 16.4. The Hall–Kier alpha value is -1.88. The molecule has 3 heterocycles. The number of fused-ring (bicyclic) bond motifs is 4. The van der Waals surface area contributed by atoms with Crippen molar-refractivity contribution in [3.05, 3.63) is 28.8 Å². The van der Waals surface area contributed by atoms with Crippen LogP contribution in [0, 0.1) is 0 Å². The summed E-state index contributed by atoms with van der Waals surface area (Å²) < 4.78 is 11.0. The Morgan fingerprint density at radius 3 is 2.65 bits per heavy atom. The van der Waals surface area contributed by atoms with Crippen molar-refractivity contribution < 1.29 is 19.1 Å². The second-order valence-electron chi connectivity index (χ2n) is 7.68. The average molecular weight is 315 g/mol. The molecule has 0 aliphatic carbocycles. The number of nitrogens with zero attached hydrogens (tertiary/aromatic N) is 1. The minimum Gasteiger partial charge on any atom is -0.491 e. The zero-order valence-corrected chi connectivity index (χ0v) is 13.8. The van der Waals surface area contributed by atoms with Gasteiger partial charge in [0.2, 0.25) is 0 Å². The lowest BCUT2D eigenvalue weighted by Gasteiger charge is -2.43. The fourth-order valence-corrected chi connectivity index (χ4v) is 3.87. The van der Waals surface area contributed by atoms with Gasteiger partial charge < -0.3 is 9.47 Å². The number of likely N-dealkylation sites (tertiary alicyclic amines) is 1. The second kappa shape index (κ2) is 4.57. The maximum Gasteiger partial charge on any atom is 0.339 e. The smallest absolute Gasteiger partial charge is 0.339 e. The van der Waals surface area contributed by atoms with Gasteiger partial charge in [-0.15, -0.1) is 0 Å². The fourth-order valence-electron chi connectivity index (χ4n) is 3.87. The van der Waals surface area contributed by atoms with Crippen molar-refractivity contribution in [2.45, 2.75) is 44.8 Å². The largest absolute Gasteiger partial charge is 0.491 e. The number of piperidine rings is 1. The van der Waals surface area contributed by atoms with E-state index in [2.05, 4.69) is 25.7 Å². The number of cyclic esters (lactones) is 1. The maximum atomic E-state index is 13.0. The van der Waals surface area contributed by atoms with E-state index in [1.165, 1.54) is 0 Å². The lowest BCUT2D eigenvalue weighted by atomic mass is 9.72. The quantitative estimate of drug-likeness (QED) is 0.686. The lowest BCUT2D eigenvalue weighted by Crippen LogP contribution is -2.56. The third-order valence-corrected chi connectivity index (χ3v) is 5.43. The molecular weight excluding hydrogens is 294 g/mol. The van der Waals surface area contributed by atoms with Gasteiger partial charge in [0.05, 0.1) is 17.5 Å². The summed E-state index contributed by atoms with van der Waals surface area (Å²) in [6.45, 7) is 8.33. The van der Waals surface area contributed by atoms with Gasteiger partial charge in [0.25, 0.3) is 0 Å². The number of hydrogen-bond acceptors (Lipinski definition) is 5. The van der Waals surface area contributed by atoms with Crippen LogP contribution in [-0.2, 0) is 21.6 Å². The highest BCUT2D eigenvalue weighted by atomic mass is 16.5. The standard InChI is InChI=1S/C18H21NO4/c1-17(2,3)19-7-6-18(14(20)8-19)10-23-15-12-9-22-16(21)11(12)4-5-13(15)18/h4-5H,6-10H2,1-3H3. The molecule has 1 atom stereocenters. The first kappa shape index (κ1) is 14.7. The van der Waals surface area contributed by atoms with Crippen LogP contribution in [-0.4, -0.2) is 41.9 Å². The molecule has 23 heavy (non-hydrogen) atoms. The summed E-state index contributed by atoms with van der Waals surface area (Å²) in [5.74, 6) is 0.606. The van der Waals surface area contributed by atoms with Crippen LogP contribution >= 0.6 is 0 Å². The molecule has 1 fully saturated rings. The van der Waals surface area contributed by atoms with E-state index >= 15 is 0 Å². The van der Waals surface area contributed by atoms with Gasteiger partial charge in [-0.25, -0.2) is 4.79 Å². The number of carbonyl (C=O) groups excluding carboxylic acids is 2. The summed E-state index contributed by atoms with van der Waals surface area (Å²) in [4.78, 5) is 26.9. The molecule has 122 valence electrons. The van der Waals surface area contributed by atoms with Crippen molar-refractivity contribution >= 4 is 11.8 Å². The minimum absolute atomic E-state index is 0.0161. The molecule has 3 aliphatic heterocycles. The molecule has 1 aromatic carbocycles. The topological polar surface area (TPSA) is 55.8 Å². The Labute approximate surface area is 135 Å². The predicted molar refractivity (Wildman–Crippen MR) is 83.7 cm³/mol. The average Bonchev–Trinajstić information content (AvgIpc) is 3.04. The SMILES string of the molecule is CC(C)(C)N1CCC2(COc3c2ccc2c3COC2=O)C(=O)C1. The van der Waals surface area contributed by atoms with E-state index in [1.807, 2.05) is 6.07 Å². The summed E-state index contributed by atoms with van der Waals surface area (Å²) >= 11 is 0. The highest BCUT2D eigenvalue weighted by Crippen LogP contribution is 2.48. The maximum absolute atomic E-state index is 13.0. The summed E-state index contributed by atoms with van der Waals surface area (Å²) in [5.41, 5.74) is 1.74. The third-order valence-electron chi connectivity index (χ3n) is 5.43. The number of benzene rings is 1. The van der Waals surface area contributed by atoms with Gasteiger partial charge in [-0.1, -0.05) is 6.07 Å². The Balaban J connectivity index is 1.72. The van der Waals surface area contributed by atoms with Gasteiger partial charge in [0.1, 0.15) is 19.0 Å². The molecule has 0 amide bonds. The Morgan fingerprint density at radius 2 is 1.96 bits per heavy atom. The summed E-state index contributed by atoms with van der Waals surface area (Å²) in [7, 11) is 0. The van der Waals surface area contributed by atoms with E-state index in [9.17, 15) is 9.59 Å². The van der Waals surface area contributed by atoms with Crippen molar-refractivity contribution in [3.8, 4) is 5.75 Å². The third kappa shape index (κ3) is 1.96. The van der Waals surface area contributed by atoms with Crippen molar-refractivity contribution in [3.63, 3.8) is 0 Å². The zero-order valence-electron chi connectivity index (χ0n) is 13.8. The molecule has 0 saturated carbocycles. The number of rotatable bonds is 0. The van der Waals surface area contributed by atoms with Crippen LogP contribution < -0.4 is 4.74 Å². The van der Waals surface area contributed by atoms with Gasteiger partial charge >= 0.3 is 5.97 Å². The van der Waals surface area contributed by atoms with E-state index in [0.717, 1.165) is 24.1 Å². The highest BCUT2D eigenvalue weighted by Gasteiger charge is 2.51. The normalized spacial score (nSPS) is 26.9. The molecule has 5 nitrogen and oxygen atoms in total. The number of Topliss-reactive ketones (excluding diaryl/α,β-unsaturated/α-hetero) is 1. The molecule has 3 aliphatic rings. The Morgan fingerprint density at radius 1 is 1.17 bits per heavy atom. The van der Waals surface area contributed by atoms with Crippen molar-refractivity contribution in [1.29, 1.82) is 0 Å². The molecule has 1 saturated heterocycles. The monoisotopic (exact) mass is 315 g/mol. The van der Waals surface area contributed by atoms with Gasteiger partial charge in [-0.3, -0.25) is 9.69 Å². The molecule has 4 rings (SSSR count). The molecule has 1 unspecified atom stereocenters.